The van der Waals surface area contributed by atoms with E-state index in [1.807, 2.05) is 0 Å². The Labute approximate surface area is 141 Å². The van der Waals surface area contributed by atoms with Gasteiger partial charge in [-0.2, -0.15) is 13.2 Å². The molecule has 2 aromatic rings. The molecule has 0 unspecified atom stereocenters. The van der Waals surface area contributed by atoms with Crippen molar-refractivity contribution in [1.82, 2.24) is 0 Å². The van der Waals surface area contributed by atoms with E-state index in [1.54, 1.807) is 31.2 Å². The van der Waals surface area contributed by atoms with E-state index in [0.29, 0.717) is 10.6 Å². The highest BCUT2D eigenvalue weighted by molar-refractivity contribution is 7.99. The molecule has 2 rings (SSSR count). The zero-order valence-electron chi connectivity index (χ0n) is 13.0. The van der Waals surface area contributed by atoms with Gasteiger partial charge in [-0.25, -0.2) is 4.79 Å². The van der Waals surface area contributed by atoms with Gasteiger partial charge in [0.15, 0.2) is 0 Å². The Morgan fingerprint density at radius 1 is 1.08 bits per heavy atom. The van der Waals surface area contributed by atoms with Crippen LogP contribution in [0.1, 0.15) is 22.8 Å². The van der Waals surface area contributed by atoms with Crippen molar-refractivity contribution in [1.29, 1.82) is 0 Å². The number of esters is 1. The summed E-state index contributed by atoms with van der Waals surface area (Å²) in [7, 11) is 1.53. The average Bonchev–Trinajstić information content (AvgIpc) is 2.55. The van der Waals surface area contributed by atoms with E-state index >= 15 is 0 Å². The Balaban J connectivity index is 2.33. The maximum atomic E-state index is 13.2. The van der Waals surface area contributed by atoms with E-state index in [2.05, 4.69) is 4.74 Å². The lowest BCUT2D eigenvalue weighted by Gasteiger charge is -2.13. The number of halogens is 3. The van der Waals surface area contributed by atoms with E-state index in [4.69, 9.17) is 4.74 Å². The third-order valence-corrected chi connectivity index (χ3v) is 4.08. The average molecular weight is 356 g/mol. The molecule has 0 atom stereocenters. The SMILES string of the molecule is CCOC(=O)c1ccc(Sc2ccc(OC)cc2)cc1C(F)(F)F. The number of ether oxygens (including phenoxy) is 2. The third kappa shape index (κ3) is 4.44. The minimum absolute atomic E-state index is 0.0124. The lowest BCUT2D eigenvalue weighted by Crippen LogP contribution is -2.15. The molecule has 0 aromatic heterocycles. The molecule has 0 saturated heterocycles. The number of carbonyl (C=O) groups is 1. The highest BCUT2D eigenvalue weighted by Gasteiger charge is 2.36. The highest BCUT2D eigenvalue weighted by atomic mass is 32.2. The molecule has 0 aliphatic carbocycles. The fraction of sp³-hybridized carbons (Fsp3) is 0.235. The summed E-state index contributed by atoms with van der Waals surface area (Å²) in [5.74, 6) is -0.321. The van der Waals surface area contributed by atoms with Crippen molar-refractivity contribution in [3.8, 4) is 5.75 Å². The lowest BCUT2D eigenvalue weighted by atomic mass is 10.1. The van der Waals surface area contributed by atoms with Gasteiger partial charge in [-0.15, -0.1) is 0 Å². The van der Waals surface area contributed by atoms with Gasteiger partial charge in [-0.3, -0.25) is 0 Å². The lowest BCUT2D eigenvalue weighted by molar-refractivity contribution is -0.138. The zero-order chi connectivity index (χ0) is 17.7. The molecular formula is C17H15F3O3S. The van der Waals surface area contributed by atoms with Crippen molar-refractivity contribution in [3.63, 3.8) is 0 Å². The van der Waals surface area contributed by atoms with Gasteiger partial charge in [-0.05, 0) is 49.4 Å². The Bertz CT molecular complexity index is 712. The number of benzene rings is 2. The standard InChI is InChI=1S/C17H15F3O3S/c1-3-23-16(21)14-9-8-13(10-15(14)17(18,19)20)24-12-6-4-11(22-2)5-7-12/h4-10H,3H2,1-2H3. The van der Waals surface area contributed by atoms with Gasteiger partial charge >= 0.3 is 12.1 Å². The molecule has 0 N–H and O–H groups in total. The second-order valence-electron chi connectivity index (χ2n) is 4.70. The first kappa shape index (κ1) is 18.2. The molecule has 0 radical (unpaired) electrons. The van der Waals surface area contributed by atoms with Crippen molar-refractivity contribution in [2.45, 2.75) is 22.9 Å². The number of methoxy groups -OCH3 is 1. The summed E-state index contributed by atoms with van der Waals surface area (Å²) in [6, 6.07) is 10.5. The molecule has 0 spiro atoms. The maximum Gasteiger partial charge on any atom is 0.417 e. The summed E-state index contributed by atoms with van der Waals surface area (Å²) in [5.41, 5.74) is -1.48. The van der Waals surface area contributed by atoms with Gasteiger partial charge in [0, 0.05) is 9.79 Å². The van der Waals surface area contributed by atoms with Gasteiger partial charge in [0.25, 0.3) is 0 Å². The first-order valence-corrected chi connectivity index (χ1v) is 7.87. The van der Waals surface area contributed by atoms with Gasteiger partial charge in [0.2, 0.25) is 0 Å². The van der Waals surface area contributed by atoms with Crippen molar-refractivity contribution >= 4 is 17.7 Å². The van der Waals surface area contributed by atoms with Crippen LogP contribution in [0.4, 0.5) is 13.2 Å². The van der Waals surface area contributed by atoms with Crippen LogP contribution in [0, 0.1) is 0 Å². The zero-order valence-corrected chi connectivity index (χ0v) is 13.8. The molecule has 128 valence electrons. The van der Waals surface area contributed by atoms with E-state index in [0.717, 1.165) is 28.8 Å². The van der Waals surface area contributed by atoms with Crippen LogP contribution in [0.25, 0.3) is 0 Å². The Morgan fingerprint density at radius 3 is 2.25 bits per heavy atom. The van der Waals surface area contributed by atoms with Crippen LogP contribution in [0.2, 0.25) is 0 Å². The van der Waals surface area contributed by atoms with Crippen LogP contribution < -0.4 is 4.74 Å². The second kappa shape index (κ2) is 7.61. The smallest absolute Gasteiger partial charge is 0.417 e. The summed E-state index contributed by atoms with van der Waals surface area (Å²) in [6.45, 7) is 1.55. The Hall–Kier alpha value is -2.15. The molecular weight excluding hydrogens is 341 g/mol. The van der Waals surface area contributed by atoms with Crippen molar-refractivity contribution in [2.75, 3.05) is 13.7 Å². The van der Waals surface area contributed by atoms with E-state index in [9.17, 15) is 18.0 Å². The Kier molecular flexibility index (Phi) is 5.77. The minimum atomic E-state index is -4.64. The summed E-state index contributed by atoms with van der Waals surface area (Å²) < 4.78 is 49.4. The topological polar surface area (TPSA) is 35.5 Å². The summed E-state index contributed by atoms with van der Waals surface area (Å²) in [5, 5.41) is 0. The normalized spacial score (nSPS) is 11.2. The van der Waals surface area contributed by atoms with Gasteiger partial charge in [-0.1, -0.05) is 11.8 Å². The predicted molar refractivity (Wildman–Crippen MR) is 84.5 cm³/mol. The van der Waals surface area contributed by atoms with Crippen LogP contribution in [0.3, 0.4) is 0 Å². The van der Waals surface area contributed by atoms with Crippen molar-refractivity contribution < 1.29 is 27.4 Å². The predicted octanol–water partition coefficient (Wildman–Crippen LogP) is 5.04. The Morgan fingerprint density at radius 2 is 1.71 bits per heavy atom. The number of rotatable bonds is 5. The minimum Gasteiger partial charge on any atom is -0.497 e. The molecule has 0 aliphatic heterocycles. The van der Waals surface area contributed by atoms with Crippen molar-refractivity contribution in [3.05, 3.63) is 53.6 Å². The fourth-order valence-corrected chi connectivity index (χ4v) is 2.85. The molecule has 0 heterocycles. The van der Waals surface area contributed by atoms with Crippen LogP contribution in [-0.4, -0.2) is 19.7 Å². The molecule has 0 aliphatic rings. The molecule has 0 amide bonds. The molecule has 2 aromatic carbocycles. The summed E-state index contributed by atoms with van der Waals surface area (Å²) >= 11 is 1.16. The van der Waals surface area contributed by atoms with Crippen LogP contribution in [0.5, 0.6) is 5.75 Å². The number of alkyl halides is 3. The first-order valence-electron chi connectivity index (χ1n) is 7.05. The van der Waals surface area contributed by atoms with E-state index in [1.165, 1.54) is 13.2 Å². The molecule has 0 saturated carbocycles. The quantitative estimate of drug-likeness (QED) is 0.703. The van der Waals surface area contributed by atoms with E-state index < -0.39 is 23.3 Å². The van der Waals surface area contributed by atoms with Crippen LogP contribution in [0.15, 0.2) is 52.3 Å². The monoisotopic (exact) mass is 356 g/mol. The highest BCUT2D eigenvalue weighted by Crippen LogP contribution is 2.37. The fourth-order valence-electron chi connectivity index (χ4n) is 1.99. The number of hydrogen-bond donors (Lipinski definition) is 0. The van der Waals surface area contributed by atoms with Gasteiger partial charge < -0.3 is 9.47 Å². The number of hydrogen-bond acceptors (Lipinski definition) is 4. The summed E-state index contributed by atoms with van der Waals surface area (Å²) in [6.07, 6.45) is -4.64. The first-order chi connectivity index (χ1) is 11.3. The van der Waals surface area contributed by atoms with Gasteiger partial charge in [0.1, 0.15) is 5.75 Å². The molecule has 3 nitrogen and oxygen atoms in total. The van der Waals surface area contributed by atoms with Crippen molar-refractivity contribution in [2.24, 2.45) is 0 Å². The maximum absolute atomic E-state index is 13.2. The molecule has 0 bridgehead atoms. The van der Waals surface area contributed by atoms with E-state index in [-0.39, 0.29) is 6.61 Å². The molecule has 0 fully saturated rings. The molecule has 7 heteroatoms. The largest absolute Gasteiger partial charge is 0.497 e. The van der Waals surface area contributed by atoms with Crippen LogP contribution >= 0.6 is 11.8 Å². The third-order valence-electron chi connectivity index (χ3n) is 3.09. The second-order valence-corrected chi connectivity index (χ2v) is 5.85. The molecule has 24 heavy (non-hydrogen) atoms. The van der Waals surface area contributed by atoms with Gasteiger partial charge in [0.05, 0.1) is 24.8 Å². The summed E-state index contributed by atoms with van der Waals surface area (Å²) in [4.78, 5) is 12.8. The van der Waals surface area contributed by atoms with Crippen LogP contribution in [-0.2, 0) is 10.9 Å². The number of carbonyl (C=O) groups excluding carboxylic acids is 1.